The Morgan fingerprint density at radius 3 is 3.00 bits per heavy atom. The van der Waals surface area contributed by atoms with E-state index in [4.69, 9.17) is 0 Å². The second-order valence-electron chi connectivity index (χ2n) is 4.63. The predicted octanol–water partition coefficient (Wildman–Crippen LogP) is 2.20. The standard InChI is InChI=1S/C12H21N3S/c1-9(12-8-16-10(2)14-12)15(3)11-5-4-6-13-7-11/h8-9,11,13H,4-7H2,1-3H3. The third-order valence-electron chi connectivity index (χ3n) is 3.52. The molecule has 0 aliphatic carbocycles. The van der Waals surface area contributed by atoms with Gasteiger partial charge in [-0.1, -0.05) is 0 Å². The molecule has 4 heteroatoms. The van der Waals surface area contributed by atoms with Crippen LogP contribution in [0.15, 0.2) is 5.38 Å². The van der Waals surface area contributed by atoms with Crippen LogP contribution in [0, 0.1) is 6.92 Å². The van der Waals surface area contributed by atoms with Crippen LogP contribution >= 0.6 is 11.3 Å². The van der Waals surface area contributed by atoms with Crippen LogP contribution in [0.1, 0.15) is 36.5 Å². The molecule has 2 unspecified atom stereocenters. The molecule has 1 fully saturated rings. The summed E-state index contributed by atoms with van der Waals surface area (Å²) in [5.41, 5.74) is 1.22. The highest BCUT2D eigenvalue weighted by atomic mass is 32.1. The van der Waals surface area contributed by atoms with Crippen molar-refractivity contribution in [1.29, 1.82) is 0 Å². The van der Waals surface area contributed by atoms with E-state index in [1.165, 1.54) is 25.1 Å². The zero-order valence-corrected chi connectivity index (χ0v) is 11.2. The molecular weight excluding hydrogens is 218 g/mol. The largest absolute Gasteiger partial charge is 0.315 e. The first-order chi connectivity index (χ1) is 7.68. The molecule has 2 rings (SSSR count). The molecule has 0 radical (unpaired) electrons. The average Bonchev–Trinajstić information content (AvgIpc) is 2.75. The van der Waals surface area contributed by atoms with Crippen molar-refractivity contribution in [2.45, 2.75) is 38.8 Å². The number of piperidine rings is 1. The summed E-state index contributed by atoms with van der Waals surface area (Å²) in [5, 5.41) is 6.82. The lowest BCUT2D eigenvalue weighted by Gasteiger charge is -2.35. The molecule has 3 nitrogen and oxygen atoms in total. The van der Waals surface area contributed by atoms with Crippen molar-refractivity contribution in [3.63, 3.8) is 0 Å². The summed E-state index contributed by atoms with van der Waals surface area (Å²) >= 11 is 1.74. The van der Waals surface area contributed by atoms with E-state index in [9.17, 15) is 0 Å². The number of aromatic nitrogens is 1. The lowest BCUT2D eigenvalue weighted by molar-refractivity contribution is 0.154. The number of aryl methyl sites for hydroxylation is 1. The van der Waals surface area contributed by atoms with Crippen LogP contribution in [-0.4, -0.2) is 36.1 Å². The fourth-order valence-electron chi connectivity index (χ4n) is 2.28. The average molecular weight is 239 g/mol. The maximum absolute atomic E-state index is 4.58. The molecular formula is C12H21N3S. The number of nitrogens with zero attached hydrogens (tertiary/aromatic N) is 2. The number of rotatable bonds is 3. The van der Waals surface area contributed by atoms with Gasteiger partial charge in [-0.3, -0.25) is 4.90 Å². The van der Waals surface area contributed by atoms with Gasteiger partial charge >= 0.3 is 0 Å². The summed E-state index contributed by atoms with van der Waals surface area (Å²) in [6, 6.07) is 1.08. The highest BCUT2D eigenvalue weighted by Crippen LogP contribution is 2.24. The third-order valence-corrected chi connectivity index (χ3v) is 4.31. The predicted molar refractivity (Wildman–Crippen MR) is 68.9 cm³/mol. The first-order valence-electron chi connectivity index (χ1n) is 6.03. The van der Waals surface area contributed by atoms with Gasteiger partial charge in [0, 0.05) is 18.0 Å². The molecule has 2 atom stereocenters. The van der Waals surface area contributed by atoms with Crippen molar-refractivity contribution in [2.24, 2.45) is 0 Å². The van der Waals surface area contributed by atoms with Gasteiger partial charge in [-0.15, -0.1) is 11.3 Å². The summed E-state index contributed by atoms with van der Waals surface area (Å²) in [6.45, 7) is 6.62. The Labute approximate surface area is 102 Å². The van der Waals surface area contributed by atoms with Gasteiger partial charge < -0.3 is 5.32 Å². The molecule has 16 heavy (non-hydrogen) atoms. The fourth-order valence-corrected chi connectivity index (χ4v) is 2.98. The van der Waals surface area contributed by atoms with Crippen LogP contribution in [0.25, 0.3) is 0 Å². The van der Waals surface area contributed by atoms with Gasteiger partial charge in [0.2, 0.25) is 0 Å². The number of nitrogens with one attached hydrogen (secondary N) is 1. The maximum Gasteiger partial charge on any atom is 0.0898 e. The number of thiazole rings is 1. The molecule has 0 amide bonds. The number of likely N-dealkylation sites (N-methyl/N-ethyl adjacent to an activating group) is 1. The van der Waals surface area contributed by atoms with E-state index < -0.39 is 0 Å². The van der Waals surface area contributed by atoms with Crippen LogP contribution in [0.3, 0.4) is 0 Å². The third kappa shape index (κ3) is 2.62. The lowest BCUT2D eigenvalue weighted by Crippen LogP contribution is -2.45. The minimum absolute atomic E-state index is 0.426. The van der Waals surface area contributed by atoms with E-state index in [1.54, 1.807) is 11.3 Å². The maximum atomic E-state index is 4.58. The highest BCUT2D eigenvalue weighted by Gasteiger charge is 2.23. The van der Waals surface area contributed by atoms with Gasteiger partial charge in [0.25, 0.3) is 0 Å². The molecule has 1 aliphatic heterocycles. The van der Waals surface area contributed by atoms with Crippen molar-refractivity contribution >= 4 is 11.3 Å². The van der Waals surface area contributed by atoms with Crippen molar-refractivity contribution in [1.82, 2.24) is 15.2 Å². The van der Waals surface area contributed by atoms with Gasteiger partial charge in [0.05, 0.1) is 16.7 Å². The van der Waals surface area contributed by atoms with Gasteiger partial charge in [-0.05, 0) is 40.3 Å². The van der Waals surface area contributed by atoms with Crippen molar-refractivity contribution < 1.29 is 0 Å². The van der Waals surface area contributed by atoms with Crippen LogP contribution in [0.4, 0.5) is 0 Å². The van der Waals surface area contributed by atoms with Crippen molar-refractivity contribution in [3.8, 4) is 0 Å². The van der Waals surface area contributed by atoms with E-state index in [0.29, 0.717) is 12.1 Å². The summed E-state index contributed by atoms with van der Waals surface area (Å²) in [4.78, 5) is 7.04. The van der Waals surface area contributed by atoms with Crippen LogP contribution in [-0.2, 0) is 0 Å². The topological polar surface area (TPSA) is 28.2 Å². The van der Waals surface area contributed by atoms with E-state index in [0.717, 1.165) is 11.6 Å². The molecule has 90 valence electrons. The first kappa shape index (κ1) is 12.0. The summed E-state index contributed by atoms with van der Waals surface area (Å²) < 4.78 is 0. The molecule has 1 saturated heterocycles. The van der Waals surface area contributed by atoms with E-state index in [-0.39, 0.29) is 0 Å². The van der Waals surface area contributed by atoms with Gasteiger partial charge in [0.15, 0.2) is 0 Å². The zero-order chi connectivity index (χ0) is 11.5. The fraction of sp³-hybridized carbons (Fsp3) is 0.750. The monoisotopic (exact) mass is 239 g/mol. The minimum Gasteiger partial charge on any atom is -0.315 e. The van der Waals surface area contributed by atoms with Gasteiger partial charge in [0.1, 0.15) is 0 Å². The molecule has 0 saturated carbocycles. The summed E-state index contributed by atoms with van der Waals surface area (Å²) in [5.74, 6) is 0. The Kier molecular flexibility index (Phi) is 3.95. The zero-order valence-electron chi connectivity index (χ0n) is 10.4. The van der Waals surface area contributed by atoms with E-state index >= 15 is 0 Å². The SMILES string of the molecule is Cc1nc(C(C)N(C)C2CCCNC2)cs1. The lowest BCUT2D eigenvalue weighted by atomic mass is 10.0. The molecule has 0 aromatic carbocycles. The van der Waals surface area contributed by atoms with Crippen LogP contribution in [0.5, 0.6) is 0 Å². The number of hydrogen-bond acceptors (Lipinski definition) is 4. The summed E-state index contributed by atoms with van der Waals surface area (Å²) in [7, 11) is 2.22. The Balaban J connectivity index is 2.00. The van der Waals surface area contributed by atoms with Crippen LogP contribution < -0.4 is 5.32 Å². The minimum atomic E-state index is 0.426. The highest BCUT2D eigenvalue weighted by molar-refractivity contribution is 7.09. The Hall–Kier alpha value is -0.450. The van der Waals surface area contributed by atoms with Gasteiger partial charge in [-0.25, -0.2) is 4.98 Å². The Morgan fingerprint density at radius 2 is 2.44 bits per heavy atom. The molecule has 0 spiro atoms. The first-order valence-corrected chi connectivity index (χ1v) is 6.91. The normalized spacial score (nSPS) is 23.6. The smallest absolute Gasteiger partial charge is 0.0898 e. The second-order valence-corrected chi connectivity index (χ2v) is 5.70. The van der Waals surface area contributed by atoms with Crippen LogP contribution in [0.2, 0.25) is 0 Å². The number of hydrogen-bond donors (Lipinski definition) is 1. The molecule has 2 heterocycles. The quantitative estimate of drug-likeness (QED) is 0.876. The summed E-state index contributed by atoms with van der Waals surface area (Å²) in [6.07, 6.45) is 2.59. The molecule has 1 aromatic heterocycles. The molecule has 1 N–H and O–H groups in total. The molecule has 1 aliphatic rings. The molecule has 0 bridgehead atoms. The Morgan fingerprint density at radius 1 is 1.62 bits per heavy atom. The Bertz CT molecular complexity index is 331. The van der Waals surface area contributed by atoms with E-state index in [1.807, 2.05) is 0 Å². The van der Waals surface area contributed by atoms with E-state index in [2.05, 4.69) is 41.5 Å². The second kappa shape index (κ2) is 5.25. The molecule has 1 aromatic rings. The van der Waals surface area contributed by atoms with Crippen molar-refractivity contribution in [3.05, 3.63) is 16.1 Å². The van der Waals surface area contributed by atoms with Gasteiger partial charge in [-0.2, -0.15) is 0 Å². The van der Waals surface area contributed by atoms with Crippen molar-refractivity contribution in [2.75, 3.05) is 20.1 Å².